The fourth-order valence-corrected chi connectivity index (χ4v) is 4.68. The van der Waals surface area contributed by atoms with E-state index in [1.54, 1.807) is 26.4 Å². The van der Waals surface area contributed by atoms with Gasteiger partial charge in [0.05, 0.1) is 45.6 Å². The second kappa shape index (κ2) is 12.9. The van der Waals surface area contributed by atoms with Crippen molar-refractivity contribution in [2.24, 2.45) is 9.98 Å². The molecule has 1 fully saturated rings. The minimum absolute atomic E-state index is 0.311. The minimum Gasteiger partial charge on any atom is -0.491 e. The Labute approximate surface area is 228 Å². The number of benzene rings is 1. The van der Waals surface area contributed by atoms with Crippen LogP contribution in [0.15, 0.2) is 40.4 Å². The van der Waals surface area contributed by atoms with Gasteiger partial charge in [-0.05, 0) is 30.7 Å². The molecule has 0 spiro atoms. The highest BCUT2D eigenvalue weighted by Crippen LogP contribution is 2.43. The monoisotopic (exact) mass is 537 g/mol. The van der Waals surface area contributed by atoms with Crippen LogP contribution in [0.2, 0.25) is 0 Å². The third kappa shape index (κ3) is 6.29. The summed E-state index contributed by atoms with van der Waals surface area (Å²) in [7, 11) is 3.24. The van der Waals surface area contributed by atoms with Crippen molar-refractivity contribution in [1.29, 1.82) is 0 Å². The first-order valence-corrected chi connectivity index (χ1v) is 13.2. The number of morpholine rings is 1. The zero-order chi connectivity index (χ0) is 27.0. The molecule has 0 saturated carbocycles. The van der Waals surface area contributed by atoms with Crippen LogP contribution in [0.3, 0.4) is 0 Å². The van der Waals surface area contributed by atoms with Gasteiger partial charge in [-0.15, -0.1) is 0 Å². The highest BCUT2D eigenvalue weighted by atomic mass is 16.5. The lowest BCUT2D eigenvalue weighted by molar-refractivity contribution is 0.0357. The number of anilines is 1. The summed E-state index contributed by atoms with van der Waals surface area (Å²) in [6.07, 6.45) is 2.42. The number of amidine groups is 1. The fourth-order valence-electron chi connectivity index (χ4n) is 4.68. The van der Waals surface area contributed by atoms with Crippen LogP contribution in [0.25, 0.3) is 0 Å². The molecule has 12 heteroatoms. The van der Waals surface area contributed by atoms with Crippen molar-refractivity contribution in [3.8, 4) is 11.5 Å². The van der Waals surface area contributed by atoms with E-state index in [9.17, 15) is 4.79 Å². The van der Waals surface area contributed by atoms with Crippen molar-refractivity contribution in [1.82, 2.24) is 20.1 Å². The molecule has 39 heavy (non-hydrogen) atoms. The minimum atomic E-state index is -0.311. The molecular weight excluding hydrogens is 502 g/mol. The first-order valence-electron chi connectivity index (χ1n) is 13.2. The number of methoxy groups -OCH3 is 2. The molecule has 0 radical (unpaired) electrons. The van der Waals surface area contributed by atoms with Gasteiger partial charge in [-0.25, -0.2) is 9.98 Å². The first-order chi connectivity index (χ1) is 19.2. The smallest absolute Gasteiger partial charge is 0.259 e. The molecule has 12 nitrogen and oxygen atoms in total. The Morgan fingerprint density at radius 2 is 1.97 bits per heavy atom. The van der Waals surface area contributed by atoms with Gasteiger partial charge in [0.15, 0.2) is 11.5 Å². The molecule has 3 aliphatic rings. The zero-order valence-corrected chi connectivity index (χ0v) is 22.4. The van der Waals surface area contributed by atoms with Crippen LogP contribution in [-0.4, -0.2) is 112 Å². The quantitative estimate of drug-likeness (QED) is 0.413. The third-order valence-electron chi connectivity index (χ3n) is 6.70. The topological polar surface area (TPSA) is 122 Å². The number of hydrogen-bond acceptors (Lipinski definition) is 11. The van der Waals surface area contributed by atoms with Crippen LogP contribution in [0.1, 0.15) is 22.3 Å². The molecule has 0 aliphatic carbocycles. The molecule has 1 saturated heterocycles. The number of aromatic nitrogens is 1. The van der Waals surface area contributed by atoms with Crippen molar-refractivity contribution < 1.29 is 23.7 Å². The van der Waals surface area contributed by atoms with Gasteiger partial charge in [-0.2, -0.15) is 0 Å². The third-order valence-corrected chi connectivity index (χ3v) is 6.70. The predicted octanol–water partition coefficient (Wildman–Crippen LogP) is 1.74. The number of amides is 1. The number of nitrogens with one attached hydrogen (secondary N) is 2. The Balaban J connectivity index is 1.29. The summed E-state index contributed by atoms with van der Waals surface area (Å²) >= 11 is 0. The molecule has 3 aliphatic heterocycles. The van der Waals surface area contributed by atoms with Crippen molar-refractivity contribution in [2.45, 2.75) is 6.42 Å². The van der Waals surface area contributed by atoms with E-state index in [1.807, 2.05) is 17.0 Å². The van der Waals surface area contributed by atoms with Gasteiger partial charge in [0, 0.05) is 51.6 Å². The van der Waals surface area contributed by atoms with E-state index in [1.165, 1.54) is 6.20 Å². The van der Waals surface area contributed by atoms with E-state index in [0.717, 1.165) is 50.7 Å². The lowest BCUT2D eigenvalue weighted by Gasteiger charge is -2.29. The highest BCUT2D eigenvalue weighted by molar-refractivity contribution is 6.20. The summed E-state index contributed by atoms with van der Waals surface area (Å²) in [4.78, 5) is 31.2. The van der Waals surface area contributed by atoms with Gasteiger partial charge in [0.2, 0.25) is 5.96 Å². The summed E-state index contributed by atoms with van der Waals surface area (Å²) in [5, 5.41) is 6.08. The predicted molar refractivity (Wildman–Crippen MR) is 148 cm³/mol. The summed E-state index contributed by atoms with van der Waals surface area (Å²) in [6, 6.07) is 7.33. The molecule has 1 aromatic carbocycles. The second-order valence-electron chi connectivity index (χ2n) is 9.25. The molecule has 0 atom stereocenters. The van der Waals surface area contributed by atoms with E-state index in [2.05, 4.69) is 25.5 Å². The van der Waals surface area contributed by atoms with Crippen LogP contribution in [0.4, 0.5) is 11.5 Å². The zero-order valence-electron chi connectivity index (χ0n) is 22.4. The van der Waals surface area contributed by atoms with E-state index in [0.29, 0.717) is 67.4 Å². The largest absolute Gasteiger partial charge is 0.491 e. The second-order valence-corrected chi connectivity index (χ2v) is 9.25. The van der Waals surface area contributed by atoms with Crippen molar-refractivity contribution in [3.63, 3.8) is 0 Å². The van der Waals surface area contributed by atoms with Gasteiger partial charge >= 0.3 is 0 Å². The summed E-state index contributed by atoms with van der Waals surface area (Å²) in [6.45, 7) is 7.40. The summed E-state index contributed by atoms with van der Waals surface area (Å²) in [5.74, 6) is 2.64. The van der Waals surface area contributed by atoms with Gasteiger partial charge in [0.1, 0.15) is 17.3 Å². The number of fused-ring (bicyclic) bond motifs is 3. The molecule has 1 aromatic heterocycles. The normalized spacial score (nSPS) is 16.6. The number of carbonyl (C=O) groups is 1. The summed E-state index contributed by atoms with van der Waals surface area (Å²) < 4.78 is 22.3. The Kier molecular flexibility index (Phi) is 8.86. The summed E-state index contributed by atoms with van der Waals surface area (Å²) in [5.41, 5.74) is 1.85. The molecule has 5 rings (SSSR count). The molecule has 2 N–H and O–H groups in total. The average molecular weight is 538 g/mol. The van der Waals surface area contributed by atoms with Gasteiger partial charge in [-0.1, -0.05) is 0 Å². The molecule has 2 aromatic rings. The molecule has 0 bridgehead atoms. The van der Waals surface area contributed by atoms with Crippen LogP contribution < -0.4 is 20.1 Å². The van der Waals surface area contributed by atoms with Crippen LogP contribution in [0.5, 0.6) is 11.5 Å². The van der Waals surface area contributed by atoms with E-state index < -0.39 is 0 Å². The molecule has 0 unspecified atom stereocenters. The van der Waals surface area contributed by atoms with Crippen LogP contribution in [-0.2, 0) is 9.47 Å². The Bertz CT molecular complexity index is 1210. The average Bonchev–Trinajstić information content (AvgIpc) is 3.47. The highest BCUT2D eigenvalue weighted by Gasteiger charge is 2.33. The van der Waals surface area contributed by atoms with E-state index in [4.69, 9.17) is 23.9 Å². The van der Waals surface area contributed by atoms with Crippen LogP contribution in [0, 0.1) is 0 Å². The maximum atomic E-state index is 13.1. The number of carbonyl (C=O) groups excluding carboxylic acids is 1. The fraction of sp³-hybridized carbons (Fsp3) is 0.481. The number of ether oxygens (including phenoxy) is 4. The standard InChI is InChI=1S/C27H35N7O5/c1-36-15-9-28-22-7-4-19(18-30-22)26(35)32-27-31-23-20(25-29-8-11-34(25)27)5-6-21(24(23)37-2)39-14-3-10-33-12-16-38-17-13-33/h4-7,18H,3,8-17H2,1-2H3,(H,28,30)(H,31,32,35). The van der Waals surface area contributed by atoms with Crippen LogP contribution >= 0.6 is 0 Å². The molecule has 1 amide bonds. The maximum absolute atomic E-state index is 13.1. The maximum Gasteiger partial charge on any atom is 0.259 e. The first kappa shape index (κ1) is 26.9. The lowest BCUT2D eigenvalue weighted by Crippen LogP contribution is -2.47. The van der Waals surface area contributed by atoms with Gasteiger partial charge < -0.3 is 24.3 Å². The number of aliphatic imine (C=N–C) groups is 2. The molecule has 4 heterocycles. The van der Waals surface area contributed by atoms with Gasteiger partial charge in [0.25, 0.3) is 5.91 Å². The number of hydrogen-bond donors (Lipinski definition) is 2. The van der Waals surface area contributed by atoms with E-state index >= 15 is 0 Å². The Morgan fingerprint density at radius 1 is 1.10 bits per heavy atom. The number of pyridine rings is 1. The SMILES string of the molecule is COCCNc1ccc(C(=O)NC2=Nc3c(ccc(OCCCN4CCOCC4)c3OC)C3=NCCN23)cn1. The van der Waals surface area contributed by atoms with Gasteiger partial charge in [-0.3, -0.25) is 24.9 Å². The number of guanidine groups is 1. The van der Waals surface area contributed by atoms with Crippen molar-refractivity contribution >= 4 is 29.2 Å². The molecular formula is C27H35N7O5. The number of nitrogens with zero attached hydrogens (tertiary/aromatic N) is 5. The molecule has 208 valence electrons. The number of rotatable bonds is 11. The Morgan fingerprint density at radius 3 is 2.74 bits per heavy atom. The lowest BCUT2D eigenvalue weighted by atomic mass is 10.1. The van der Waals surface area contributed by atoms with E-state index in [-0.39, 0.29) is 5.91 Å². The van der Waals surface area contributed by atoms with Crippen molar-refractivity contribution in [2.75, 3.05) is 85.2 Å². The van der Waals surface area contributed by atoms with Crippen molar-refractivity contribution in [3.05, 3.63) is 41.6 Å². The Hall–Kier alpha value is -3.74.